The zero-order valence-corrected chi connectivity index (χ0v) is 58.0. The van der Waals surface area contributed by atoms with E-state index in [2.05, 4.69) is 0 Å². The van der Waals surface area contributed by atoms with E-state index in [4.69, 9.17) is 16.7 Å². The molecule has 4 N–H and O–H groups in total. The Morgan fingerprint density at radius 3 is 0.587 bits per heavy atom. The SMILES string of the molecule is CCC1c2cc(c(O)cc2O)C(CC)c2cc(c(OS(=O)(=O)c3c(C)cc(C)cc3C)cc2OS(=O)(=O)c2c(C)cc(C)cc2C)C(CC)c2cc(c(O)cc2O)C(CC)c2cc1c(OS(=O)(=O)c1c(C)cc(C)cc1C)cc2OS(=O)(=O)c1c(C)cc(C)cc1C. The first kappa shape index (κ1) is 68.3. The molecule has 1 aliphatic carbocycles. The van der Waals surface area contributed by atoms with Gasteiger partial charge in [-0.05, 0) is 178 Å². The van der Waals surface area contributed by atoms with E-state index < -0.39 is 110 Å². The van der Waals surface area contributed by atoms with Crippen LogP contribution in [-0.2, 0) is 40.5 Å². The standard InChI is InChI=1S/C72H80O16S4/c1-17-49-53-29-54(62(74)33-61(53)73)50(18-2)59-32-60(68(88-92(83,84)72-47(15)27-40(8)28-48(72)16)36-67(59)87-91(81,82)71-45(13)25-39(7)26-46(71)14)52(20-4)56-30-55(63(75)34-64(56)76)51(19-3)58-31-57(49)65(85-89(77,78)69-41(9)21-37(5)22-42(69)10)35-66(58)86-90(79,80)70-43(11)23-38(6)24-44(70)12/h21-36,49-52,73-76H,17-20H2,1-16H3. The van der Waals surface area contributed by atoms with Crippen molar-refractivity contribution < 1.29 is 70.8 Å². The lowest BCUT2D eigenvalue weighted by Crippen LogP contribution is -2.19. The molecular weight excluding hydrogens is 1250 g/mol. The predicted octanol–water partition coefficient (Wildman–Crippen LogP) is 15.8. The maximum atomic E-state index is 15.1. The first-order valence-electron chi connectivity index (χ1n) is 30.5. The van der Waals surface area contributed by atoms with Gasteiger partial charge in [0, 0.05) is 92.4 Å². The summed E-state index contributed by atoms with van der Waals surface area (Å²) in [6, 6.07) is 24.2. The molecule has 1 aliphatic rings. The maximum absolute atomic E-state index is 15.1. The van der Waals surface area contributed by atoms with Crippen molar-refractivity contribution in [3.63, 3.8) is 0 Å². The van der Waals surface area contributed by atoms with Crippen molar-refractivity contribution in [2.45, 2.75) is 180 Å². The van der Waals surface area contributed by atoms with E-state index in [1.807, 2.05) is 27.7 Å². The Bertz CT molecular complexity index is 4120. The molecule has 92 heavy (non-hydrogen) atoms. The van der Waals surface area contributed by atoms with Crippen molar-refractivity contribution in [3.05, 3.63) is 208 Å². The fraction of sp³-hybridized carbons (Fsp3) is 0.333. The van der Waals surface area contributed by atoms with Gasteiger partial charge in [0.25, 0.3) is 0 Å². The minimum Gasteiger partial charge on any atom is -0.508 e. The summed E-state index contributed by atoms with van der Waals surface area (Å²) < 4.78 is 146. The van der Waals surface area contributed by atoms with Crippen LogP contribution < -0.4 is 16.7 Å². The third kappa shape index (κ3) is 12.9. The second-order valence-electron chi connectivity index (χ2n) is 24.7. The molecule has 8 aromatic carbocycles. The van der Waals surface area contributed by atoms with E-state index >= 15 is 33.7 Å². The molecule has 4 atom stereocenters. The van der Waals surface area contributed by atoms with E-state index in [-0.39, 0.29) is 89.8 Å². The number of benzene rings is 8. The third-order valence-corrected chi connectivity index (χ3v) is 23.7. The third-order valence-electron chi connectivity index (χ3n) is 17.5. The molecule has 0 saturated carbocycles. The van der Waals surface area contributed by atoms with Crippen LogP contribution in [0, 0.1) is 83.1 Å². The second-order valence-corrected chi connectivity index (χ2v) is 30.6. The highest BCUT2D eigenvalue weighted by Crippen LogP contribution is 2.54. The molecule has 0 aromatic heterocycles. The summed E-state index contributed by atoms with van der Waals surface area (Å²) in [5.74, 6) is -7.75. The molecule has 488 valence electrons. The quantitative estimate of drug-likeness (QED) is 0.0656. The summed E-state index contributed by atoms with van der Waals surface area (Å²) in [5, 5.41) is 49.3. The van der Waals surface area contributed by atoms with E-state index in [1.165, 1.54) is 36.4 Å². The van der Waals surface area contributed by atoms with Crippen molar-refractivity contribution >= 4 is 40.5 Å². The number of aromatic hydroxyl groups is 4. The van der Waals surface area contributed by atoms with E-state index in [1.54, 1.807) is 132 Å². The van der Waals surface area contributed by atoms with Crippen LogP contribution in [0.2, 0.25) is 0 Å². The fourth-order valence-electron chi connectivity index (χ4n) is 14.2. The number of aryl methyl sites for hydroxylation is 12. The minimum atomic E-state index is -4.83. The molecule has 0 saturated heterocycles. The van der Waals surface area contributed by atoms with Gasteiger partial charge in [-0.2, -0.15) is 33.7 Å². The summed E-state index contributed by atoms with van der Waals surface area (Å²) in [6.45, 7) is 27.3. The van der Waals surface area contributed by atoms with Gasteiger partial charge in [-0.1, -0.05) is 98.5 Å². The van der Waals surface area contributed by atoms with Crippen LogP contribution in [0.3, 0.4) is 0 Å². The molecule has 0 aliphatic heterocycles. The highest BCUT2D eigenvalue weighted by Gasteiger charge is 2.38. The van der Waals surface area contributed by atoms with Crippen LogP contribution in [0.4, 0.5) is 0 Å². The van der Waals surface area contributed by atoms with Gasteiger partial charge in [0.15, 0.2) is 23.0 Å². The zero-order chi connectivity index (χ0) is 67.8. The summed E-state index contributed by atoms with van der Waals surface area (Å²) in [6.07, 6.45) is 0.291. The molecule has 4 unspecified atom stereocenters. The number of phenolic OH excluding ortho intramolecular Hbond substituents is 4. The van der Waals surface area contributed by atoms with Crippen molar-refractivity contribution in [1.82, 2.24) is 0 Å². The fourth-order valence-corrected chi connectivity index (χ4v) is 19.7. The lowest BCUT2D eigenvalue weighted by Gasteiger charge is -2.30. The Kier molecular flexibility index (Phi) is 18.9. The van der Waals surface area contributed by atoms with E-state index in [0.717, 1.165) is 34.4 Å². The van der Waals surface area contributed by atoms with E-state index in [9.17, 15) is 20.4 Å². The molecule has 0 radical (unpaired) electrons. The van der Waals surface area contributed by atoms with Crippen LogP contribution in [0.25, 0.3) is 0 Å². The Labute approximate surface area is 542 Å². The number of hydrogen-bond acceptors (Lipinski definition) is 16. The normalized spacial score (nSPS) is 16.1. The first-order chi connectivity index (χ1) is 43.0. The van der Waals surface area contributed by atoms with Crippen molar-refractivity contribution in [2.75, 3.05) is 0 Å². The summed E-state index contributed by atoms with van der Waals surface area (Å²) in [4.78, 5) is -0.603. The topological polar surface area (TPSA) is 254 Å². The largest absolute Gasteiger partial charge is 0.508 e. The number of fused-ring (bicyclic) bond motifs is 8. The van der Waals surface area contributed by atoms with Crippen LogP contribution in [0.5, 0.6) is 46.0 Å². The summed E-state index contributed by atoms with van der Waals surface area (Å²) in [7, 11) is -19.3. The van der Waals surface area contributed by atoms with Crippen LogP contribution >= 0.6 is 0 Å². The highest BCUT2D eigenvalue weighted by molar-refractivity contribution is 7.88. The van der Waals surface area contributed by atoms with Crippen LogP contribution in [0.15, 0.2) is 117 Å². The van der Waals surface area contributed by atoms with Crippen molar-refractivity contribution in [3.8, 4) is 46.0 Å². The van der Waals surface area contributed by atoms with Gasteiger partial charge in [0.1, 0.15) is 42.6 Å². The van der Waals surface area contributed by atoms with Gasteiger partial charge >= 0.3 is 40.5 Å². The molecule has 0 fully saturated rings. The van der Waals surface area contributed by atoms with Gasteiger partial charge in [-0.15, -0.1) is 0 Å². The lowest BCUT2D eigenvalue weighted by molar-refractivity contribution is 0.435. The Morgan fingerprint density at radius 1 is 0.261 bits per heavy atom. The first-order valence-corrected chi connectivity index (χ1v) is 36.2. The zero-order valence-electron chi connectivity index (χ0n) is 54.7. The smallest absolute Gasteiger partial charge is 0.339 e. The Morgan fingerprint density at radius 2 is 0.424 bits per heavy atom. The predicted molar refractivity (Wildman–Crippen MR) is 355 cm³/mol. The van der Waals surface area contributed by atoms with Gasteiger partial charge in [0.05, 0.1) is 0 Å². The number of phenols is 4. The summed E-state index contributed by atoms with van der Waals surface area (Å²) >= 11 is 0. The molecule has 16 nitrogen and oxygen atoms in total. The van der Waals surface area contributed by atoms with Gasteiger partial charge < -0.3 is 37.2 Å². The highest BCUT2D eigenvalue weighted by atomic mass is 32.2. The van der Waals surface area contributed by atoms with Crippen LogP contribution in [0.1, 0.15) is 188 Å². The molecule has 9 rings (SSSR count). The average Bonchev–Trinajstić information content (AvgIpc) is 0.748. The molecular formula is C72H80O16S4. The lowest BCUT2D eigenvalue weighted by atomic mass is 9.77. The van der Waals surface area contributed by atoms with Crippen molar-refractivity contribution in [2.24, 2.45) is 0 Å². The molecule has 8 aromatic rings. The Hall–Kier alpha value is -8.04. The molecule has 0 spiro atoms. The Balaban J connectivity index is 1.44. The number of hydrogen-bond donors (Lipinski definition) is 4. The van der Waals surface area contributed by atoms with Gasteiger partial charge in [0.2, 0.25) is 0 Å². The molecule has 0 amide bonds. The number of rotatable bonds is 16. The second kappa shape index (κ2) is 25.5. The monoisotopic (exact) mass is 1330 g/mol. The maximum Gasteiger partial charge on any atom is 0.339 e. The molecule has 0 heterocycles. The molecule has 20 heteroatoms. The van der Waals surface area contributed by atoms with Gasteiger partial charge in [-0.25, -0.2) is 0 Å². The molecule has 8 bridgehead atoms. The van der Waals surface area contributed by atoms with E-state index in [0.29, 0.717) is 44.5 Å². The van der Waals surface area contributed by atoms with Crippen LogP contribution in [-0.4, -0.2) is 54.1 Å². The summed E-state index contributed by atoms with van der Waals surface area (Å²) in [5.41, 5.74) is 6.86. The van der Waals surface area contributed by atoms with Gasteiger partial charge in [-0.3, -0.25) is 0 Å². The average molecular weight is 1330 g/mol. The van der Waals surface area contributed by atoms with Crippen molar-refractivity contribution in [1.29, 1.82) is 0 Å². The minimum absolute atomic E-state index is 0.0727.